The number of amides is 2. The zero-order valence-electron chi connectivity index (χ0n) is 35.3. The lowest BCUT2D eigenvalue weighted by Crippen LogP contribution is -2.33. The summed E-state index contributed by atoms with van der Waals surface area (Å²) in [5, 5.41) is 0.425. The molecular weight excluding hydrogens is 905 g/mol. The maximum absolute atomic E-state index is 13.8. The van der Waals surface area contributed by atoms with Crippen LogP contribution < -0.4 is 4.90 Å². The molecule has 0 atom stereocenters. The van der Waals surface area contributed by atoms with Crippen molar-refractivity contribution in [2.24, 2.45) is 0 Å². The van der Waals surface area contributed by atoms with Gasteiger partial charge in [0.25, 0.3) is 42.2 Å². The van der Waals surface area contributed by atoms with E-state index < -0.39 is 80.5 Å². The Kier molecular flexibility index (Phi) is 14.5. The van der Waals surface area contributed by atoms with Crippen molar-refractivity contribution in [3.05, 3.63) is 83.6 Å². The quantitative estimate of drug-likeness (QED) is 0.0785. The number of allylic oxidation sites excluding steroid dienone is 6. The number of hydrogen-bond donors (Lipinski definition) is 3. The Morgan fingerprint density at radius 2 is 1.40 bits per heavy atom. The van der Waals surface area contributed by atoms with Gasteiger partial charge in [0.05, 0.1) is 26.7 Å². The molecule has 2 amide bonds. The molecule has 2 aromatic rings. The Balaban J connectivity index is 1.40. The molecule has 1 fully saturated rings. The Bertz CT molecular complexity index is 2760. The molecule has 3 N–H and O–H groups in total. The lowest BCUT2D eigenvalue weighted by atomic mass is 9.81. The van der Waals surface area contributed by atoms with Gasteiger partial charge in [-0.1, -0.05) is 32.1 Å². The number of benzene rings is 2. The SMILES string of the molecule is CN(CCCC(=O)ON1C(=O)CCC1=O)S(=O)(=O)c1ccc2c(c1)C(C)(C)C(/C=C/C=C/C=C1/N(CCCS(=O)(=O)O)c3ccc(S(=O)(=O)O)cc3C1(C)C)=[N+]2CCCS(=O)(=O)O. The molecular formula is C40H51N4O15S4+. The van der Waals surface area contributed by atoms with Crippen LogP contribution in [0.5, 0.6) is 0 Å². The number of hydroxylamine groups is 2. The van der Waals surface area contributed by atoms with Gasteiger partial charge >= 0.3 is 5.97 Å². The molecule has 0 unspecified atom stereocenters. The smallest absolute Gasteiger partial charge is 0.333 e. The molecule has 0 aromatic heterocycles. The van der Waals surface area contributed by atoms with Crippen molar-refractivity contribution in [3.63, 3.8) is 0 Å². The summed E-state index contributed by atoms with van der Waals surface area (Å²) in [7, 11) is -15.9. The molecule has 0 saturated carbocycles. The lowest BCUT2D eigenvalue weighted by molar-refractivity contribution is -0.437. The summed E-state index contributed by atoms with van der Waals surface area (Å²) in [6.07, 6.45) is 8.39. The molecule has 3 aliphatic rings. The van der Waals surface area contributed by atoms with E-state index in [9.17, 15) is 61.7 Å². The minimum atomic E-state index is -4.54. The average molecular weight is 956 g/mol. The molecule has 1 saturated heterocycles. The fourth-order valence-electron chi connectivity index (χ4n) is 7.83. The third-order valence-electron chi connectivity index (χ3n) is 11.1. The van der Waals surface area contributed by atoms with Crippen LogP contribution >= 0.6 is 0 Å². The number of fused-ring (bicyclic) bond motifs is 2. The van der Waals surface area contributed by atoms with Crippen molar-refractivity contribution in [3.8, 4) is 0 Å². The number of imide groups is 1. The van der Waals surface area contributed by atoms with Crippen molar-refractivity contribution in [2.45, 2.75) is 86.8 Å². The maximum atomic E-state index is 13.8. The van der Waals surface area contributed by atoms with E-state index in [0.29, 0.717) is 39.0 Å². The van der Waals surface area contributed by atoms with Crippen LogP contribution in [0.3, 0.4) is 0 Å². The van der Waals surface area contributed by atoms with Crippen LogP contribution in [-0.2, 0) is 70.4 Å². The summed E-state index contributed by atoms with van der Waals surface area (Å²) < 4.78 is 129. The standard InChI is InChI=1S/C40H50N4O15S4/c1-39(2)30-26-28(62(54,55)41(5)21-9-14-38(47)59-44-36(45)19-20-37(44)46)15-17-32(30)42(22-10-24-60(48,49)50)34(39)12-7-6-8-13-35-40(3,4)31-27-29(63(56,57)58)16-18-33(31)43(35)23-11-25-61(51,52)53/h6-8,12-13,15-18,26-27H,9-11,14,19-25H2,1-5H3,(H2-,48,49,50,51,52,53,56,57,58)/p+1. The Labute approximate surface area is 367 Å². The van der Waals surface area contributed by atoms with Gasteiger partial charge in [0, 0.05) is 80.3 Å². The molecule has 344 valence electrons. The van der Waals surface area contributed by atoms with E-state index in [-0.39, 0.29) is 68.0 Å². The van der Waals surface area contributed by atoms with Crippen molar-refractivity contribution >= 4 is 75.2 Å². The second-order valence-corrected chi connectivity index (χ2v) is 22.9. The Morgan fingerprint density at radius 3 is 2.02 bits per heavy atom. The first-order chi connectivity index (χ1) is 29.1. The second kappa shape index (κ2) is 18.5. The maximum Gasteiger partial charge on any atom is 0.333 e. The highest BCUT2D eigenvalue weighted by Gasteiger charge is 2.45. The van der Waals surface area contributed by atoms with Gasteiger partial charge in [-0.05, 0) is 68.7 Å². The number of anilines is 1. The van der Waals surface area contributed by atoms with Gasteiger partial charge < -0.3 is 9.74 Å². The molecule has 5 rings (SSSR count). The van der Waals surface area contributed by atoms with Gasteiger partial charge in [0.1, 0.15) is 6.54 Å². The largest absolute Gasteiger partial charge is 0.344 e. The van der Waals surface area contributed by atoms with E-state index in [1.807, 2.05) is 37.2 Å². The van der Waals surface area contributed by atoms with Crippen LogP contribution in [0.15, 0.2) is 82.3 Å². The minimum absolute atomic E-state index is 0.0289. The number of sulfonamides is 1. The summed E-state index contributed by atoms with van der Waals surface area (Å²) in [4.78, 5) is 42.1. The summed E-state index contributed by atoms with van der Waals surface area (Å²) in [5.74, 6) is -3.16. The number of hydrogen-bond acceptors (Lipinski definition) is 13. The van der Waals surface area contributed by atoms with E-state index in [1.165, 1.54) is 37.4 Å². The number of carbonyl (C=O) groups is 3. The topological polar surface area (TPSA) is 270 Å². The van der Waals surface area contributed by atoms with Crippen LogP contribution in [0, 0.1) is 0 Å². The summed E-state index contributed by atoms with van der Waals surface area (Å²) in [6.45, 7) is 7.59. The van der Waals surface area contributed by atoms with Crippen molar-refractivity contribution in [1.82, 2.24) is 9.37 Å². The number of rotatable bonds is 19. The highest BCUT2D eigenvalue weighted by Crippen LogP contribution is 2.48. The van der Waals surface area contributed by atoms with Gasteiger partial charge in [0.15, 0.2) is 5.71 Å². The monoisotopic (exact) mass is 955 g/mol. The molecule has 3 aliphatic heterocycles. The zero-order valence-corrected chi connectivity index (χ0v) is 38.6. The van der Waals surface area contributed by atoms with E-state index in [1.54, 1.807) is 36.4 Å². The van der Waals surface area contributed by atoms with Crippen LogP contribution in [-0.4, -0.2) is 123 Å². The van der Waals surface area contributed by atoms with Gasteiger partial charge in [-0.15, -0.1) is 5.06 Å². The van der Waals surface area contributed by atoms with Gasteiger partial charge in [-0.2, -0.15) is 29.8 Å². The fourth-order valence-corrected chi connectivity index (χ4v) is 10.6. The predicted octanol–water partition coefficient (Wildman–Crippen LogP) is 3.67. The molecule has 0 bridgehead atoms. The average Bonchev–Trinajstić information content (AvgIpc) is 3.68. The summed E-state index contributed by atoms with van der Waals surface area (Å²) in [5.41, 5.74) is 2.00. The minimum Gasteiger partial charge on any atom is -0.344 e. The third kappa shape index (κ3) is 11.4. The predicted molar refractivity (Wildman–Crippen MR) is 231 cm³/mol. The van der Waals surface area contributed by atoms with Crippen molar-refractivity contribution in [1.29, 1.82) is 0 Å². The van der Waals surface area contributed by atoms with E-state index >= 15 is 0 Å². The molecule has 19 nitrogen and oxygen atoms in total. The van der Waals surface area contributed by atoms with Crippen LogP contribution in [0.1, 0.15) is 77.3 Å². The Hall–Kier alpha value is -4.62. The van der Waals surface area contributed by atoms with E-state index in [4.69, 9.17) is 4.84 Å². The first-order valence-corrected chi connectivity index (χ1v) is 25.8. The number of carbonyl (C=O) groups excluding carboxylic acids is 3. The van der Waals surface area contributed by atoms with Gasteiger partial charge in [-0.25, -0.2) is 17.5 Å². The highest BCUT2D eigenvalue weighted by atomic mass is 32.2. The normalized spacial score (nSPS) is 18.5. The molecule has 0 aliphatic carbocycles. The lowest BCUT2D eigenvalue weighted by Gasteiger charge is -2.27. The zero-order chi connectivity index (χ0) is 46.9. The number of nitrogens with zero attached hydrogens (tertiary/aromatic N) is 4. The molecule has 2 aromatic carbocycles. The van der Waals surface area contributed by atoms with E-state index in [2.05, 4.69) is 0 Å². The van der Waals surface area contributed by atoms with Crippen LogP contribution in [0.4, 0.5) is 11.4 Å². The highest BCUT2D eigenvalue weighted by molar-refractivity contribution is 7.89. The molecule has 0 radical (unpaired) electrons. The molecule has 0 spiro atoms. The van der Waals surface area contributed by atoms with Crippen molar-refractivity contribution < 1.29 is 71.1 Å². The molecule has 3 heterocycles. The molecule has 63 heavy (non-hydrogen) atoms. The summed E-state index contributed by atoms with van der Waals surface area (Å²) >= 11 is 0. The van der Waals surface area contributed by atoms with E-state index in [0.717, 1.165) is 4.31 Å². The molecule has 23 heteroatoms. The van der Waals surface area contributed by atoms with Crippen LogP contribution in [0.2, 0.25) is 0 Å². The van der Waals surface area contributed by atoms with Gasteiger partial charge in [0.2, 0.25) is 15.7 Å². The first kappa shape index (κ1) is 49.4. The third-order valence-corrected chi connectivity index (χ3v) is 15.4. The van der Waals surface area contributed by atoms with Gasteiger partial charge in [-0.3, -0.25) is 23.2 Å². The fraction of sp³-hybridized carbons (Fsp3) is 0.450. The first-order valence-electron chi connectivity index (χ1n) is 19.7. The van der Waals surface area contributed by atoms with Crippen molar-refractivity contribution in [2.75, 3.05) is 43.1 Å². The van der Waals surface area contributed by atoms with Crippen LogP contribution in [0.25, 0.3) is 0 Å². The Morgan fingerprint density at radius 1 is 0.794 bits per heavy atom. The summed E-state index contributed by atoms with van der Waals surface area (Å²) in [6, 6.07) is 8.67. The second-order valence-electron chi connectivity index (χ2n) is 16.3.